The summed E-state index contributed by atoms with van der Waals surface area (Å²) in [6, 6.07) is 1.16. The standard InChI is InChI=1S/C19H26N2O6/c1-13(22)10-21-12-19(4-3-17(21)24)5-7-20(8-6-19)18(25)15-9-14(23)16(26-2)11-27-15/h9,11,13,22H,3-8,10,12H2,1-2H3/t13-/m0/s1. The number of nitrogens with zero attached hydrogens (tertiary/aromatic N) is 2. The molecule has 0 unspecified atom stereocenters. The van der Waals surface area contributed by atoms with Crippen LogP contribution >= 0.6 is 0 Å². The number of β-amino-alcohol motifs (C(OH)–C–C–N with tert-alkyl or cyclic N) is 1. The van der Waals surface area contributed by atoms with E-state index in [-0.39, 0.29) is 34.2 Å². The molecule has 0 bridgehead atoms. The Morgan fingerprint density at radius 3 is 2.63 bits per heavy atom. The third-order valence-corrected chi connectivity index (χ3v) is 5.57. The second-order valence-electron chi connectivity index (χ2n) is 7.59. The van der Waals surface area contributed by atoms with E-state index < -0.39 is 6.10 Å². The molecule has 3 heterocycles. The highest BCUT2D eigenvalue weighted by atomic mass is 16.5. The lowest BCUT2D eigenvalue weighted by Crippen LogP contribution is -2.53. The minimum Gasteiger partial charge on any atom is -0.490 e. The van der Waals surface area contributed by atoms with Gasteiger partial charge in [0.1, 0.15) is 6.26 Å². The van der Waals surface area contributed by atoms with E-state index in [0.29, 0.717) is 32.6 Å². The van der Waals surface area contributed by atoms with Gasteiger partial charge in [-0.15, -0.1) is 0 Å². The Kier molecular flexibility index (Phi) is 5.55. The van der Waals surface area contributed by atoms with E-state index in [9.17, 15) is 19.5 Å². The Morgan fingerprint density at radius 2 is 2.04 bits per heavy atom. The first-order chi connectivity index (χ1) is 12.8. The highest BCUT2D eigenvalue weighted by Gasteiger charge is 2.42. The average molecular weight is 378 g/mol. The fraction of sp³-hybridized carbons (Fsp3) is 0.632. The molecule has 2 fully saturated rings. The van der Waals surface area contributed by atoms with Crippen molar-refractivity contribution in [1.82, 2.24) is 9.80 Å². The lowest BCUT2D eigenvalue weighted by molar-refractivity contribution is -0.140. The van der Waals surface area contributed by atoms with Crippen LogP contribution in [-0.4, -0.2) is 66.1 Å². The molecule has 27 heavy (non-hydrogen) atoms. The summed E-state index contributed by atoms with van der Waals surface area (Å²) in [6.07, 6.45) is 3.45. The molecule has 0 saturated carbocycles. The predicted octanol–water partition coefficient (Wildman–Crippen LogP) is 0.874. The number of methoxy groups -OCH3 is 1. The number of aliphatic hydroxyl groups excluding tert-OH is 1. The SMILES string of the molecule is COc1coc(C(=O)N2CCC3(CCC(=O)N(C[C@H](C)O)C3)CC2)cc1=O. The van der Waals surface area contributed by atoms with Gasteiger partial charge in [-0.05, 0) is 31.6 Å². The molecule has 1 N–H and O–H groups in total. The zero-order chi connectivity index (χ0) is 19.6. The number of rotatable bonds is 4. The molecule has 1 atom stereocenters. The Labute approximate surface area is 157 Å². The van der Waals surface area contributed by atoms with Gasteiger partial charge in [-0.2, -0.15) is 0 Å². The molecule has 8 heteroatoms. The van der Waals surface area contributed by atoms with E-state index >= 15 is 0 Å². The monoisotopic (exact) mass is 378 g/mol. The normalized spacial score (nSPS) is 20.6. The van der Waals surface area contributed by atoms with Crippen molar-refractivity contribution >= 4 is 11.8 Å². The Balaban J connectivity index is 1.64. The van der Waals surface area contributed by atoms with E-state index in [1.165, 1.54) is 7.11 Å². The van der Waals surface area contributed by atoms with Crippen LogP contribution in [0.3, 0.4) is 0 Å². The largest absolute Gasteiger partial charge is 0.490 e. The second-order valence-corrected chi connectivity index (χ2v) is 7.59. The smallest absolute Gasteiger partial charge is 0.289 e. The molecular weight excluding hydrogens is 352 g/mol. The van der Waals surface area contributed by atoms with Crippen LogP contribution in [0, 0.1) is 5.41 Å². The third-order valence-electron chi connectivity index (χ3n) is 5.57. The molecule has 2 saturated heterocycles. The van der Waals surface area contributed by atoms with Gasteiger partial charge < -0.3 is 24.1 Å². The minimum absolute atomic E-state index is 0.00584. The molecule has 148 valence electrons. The molecule has 3 rings (SSSR count). The van der Waals surface area contributed by atoms with Crippen molar-refractivity contribution in [3.8, 4) is 5.75 Å². The van der Waals surface area contributed by atoms with Gasteiger partial charge >= 0.3 is 0 Å². The predicted molar refractivity (Wildman–Crippen MR) is 96.6 cm³/mol. The molecule has 0 aromatic carbocycles. The maximum absolute atomic E-state index is 12.6. The van der Waals surface area contributed by atoms with E-state index in [4.69, 9.17) is 9.15 Å². The topological polar surface area (TPSA) is 100 Å². The number of amides is 2. The van der Waals surface area contributed by atoms with Gasteiger partial charge in [-0.25, -0.2) is 0 Å². The molecule has 0 radical (unpaired) electrons. The van der Waals surface area contributed by atoms with Gasteiger partial charge in [0.05, 0.1) is 13.2 Å². The van der Waals surface area contributed by atoms with E-state index in [1.54, 1.807) is 16.7 Å². The highest BCUT2D eigenvalue weighted by Crippen LogP contribution is 2.40. The quantitative estimate of drug-likeness (QED) is 0.835. The van der Waals surface area contributed by atoms with Crippen molar-refractivity contribution in [2.75, 3.05) is 33.3 Å². The summed E-state index contributed by atoms with van der Waals surface area (Å²) in [4.78, 5) is 40.0. The number of carbonyl (C=O) groups is 2. The number of aliphatic hydroxyl groups is 1. The van der Waals surface area contributed by atoms with Crippen LogP contribution in [0.1, 0.15) is 43.2 Å². The fourth-order valence-electron chi connectivity index (χ4n) is 4.00. The molecule has 2 aliphatic heterocycles. The summed E-state index contributed by atoms with van der Waals surface area (Å²) in [7, 11) is 1.37. The number of ether oxygens (including phenoxy) is 1. The lowest BCUT2D eigenvalue weighted by atomic mass is 9.72. The first kappa shape index (κ1) is 19.4. The second kappa shape index (κ2) is 7.72. The van der Waals surface area contributed by atoms with Gasteiger partial charge in [0.15, 0.2) is 5.76 Å². The first-order valence-electron chi connectivity index (χ1n) is 9.25. The maximum Gasteiger partial charge on any atom is 0.289 e. The summed E-state index contributed by atoms with van der Waals surface area (Å²) >= 11 is 0. The van der Waals surface area contributed by atoms with Gasteiger partial charge in [0.2, 0.25) is 17.1 Å². The van der Waals surface area contributed by atoms with Crippen molar-refractivity contribution in [1.29, 1.82) is 0 Å². The van der Waals surface area contributed by atoms with Crippen LogP contribution in [0.15, 0.2) is 21.5 Å². The van der Waals surface area contributed by atoms with Crippen LogP contribution in [0.5, 0.6) is 5.75 Å². The van der Waals surface area contributed by atoms with Crippen molar-refractivity contribution < 1.29 is 23.8 Å². The van der Waals surface area contributed by atoms with Gasteiger partial charge in [-0.3, -0.25) is 14.4 Å². The third kappa shape index (κ3) is 4.16. The molecule has 2 amide bonds. The maximum atomic E-state index is 12.6. The Bertz CT molecular complexity index is 764. The molecule has 8 nitrogen and oxygen atoms in total. The van der Waals surface area contributed by atoms with E-state index in [1.807, 2.05) is 0 Å². The van der Waals surface area contributed by atoms with Crippen molar-refractivity contribution in [3.63, 3.8) is 0 Å². The van der Waals surface area contributed by atoms with Crippen LogP contribution in [0.2, 0.25) is 0 Å². The zero-order valence-corrected chi connectivity index (χ0v) is 15.8. The number of likely N-dealkylation sites (tertiary alicyclic amines) is 2. The summed E-state index contributed by atoms with van der Waals surface area (Å²) < 4.78 is 10.1. The molecule has 1 spiro atoms. The molecule has 2 aliphatic rings. The number of piperidine rings is 2. The van der Waals surface area contributed by atoms with Crippen LogP contribution in [0.4, 0.5) is 0 Å². The number of hydrogen-bond acceptors (Lipinski definition) is 6. The first-order valence-corrected chi connectivity index (χ1v) is 9.25. The summed E-state index contributed by atoms with van der Waals surface area (Å²) in [5.41, 5.74) is -0.402. The van der Waals surface area contributed by atoms with E-state index in [0.717, 1.165) is 31.6 Å². The van der Waals surface area contributed by atoms with Crippen LogP contribution < -0.4 is 10.2 Å². The molecule has 0 aliphatic carbocycles. The zero-order valence-electron chi connectivity index (χ0n) is 15.8. The Hall–Kier alpha value is -2.35. The van der Waals surface area contributed by atoms with Crippen molar-refractivity contribution in [2.45, 2.75) is 38.7 Å². The summed E-state index contributed by atoms with van der Waals surface area (Å²) in [5, 5.41) is 9.62. The lowest BCUT2D eigenvalue weighted by Gasteiger charge is -2.47. The van der Waals surface area contributed by atoms with Crippen molar-refractivity contribution in [2.24, 2.45) is 5.41 Å². The molecule has 1 aromatic rings. The number of carbonyl (C=O) groups excluding carboxylic acids is 2. The fourth-order valence-corrected chi connectivity index (χ4v) is 4.00. The van der Waals surface area contributed by atoms with Crippen molar-refractivity contribution in [3.05, 3.63) is 28.3 Å². The molecule has 1 aromatic heterocycles. The summed E-state index contributed by atoms with van der Waals surface area (Å²) in [6.45, 7) is 3.74. The molecular formula is C19H26N2O6. The Morgan fingerprint density at radius 1 is 1.33 bits per heavy atom. The summed E-state index contributed by atoms with van der Waals surface area (Å²) in [5.74, 6) is -0.155. The highest BCUT2D eigenvalue weighted by molar-refractivity contribution is 5.91. The van der Waals surface area contributed by atoms with Crippen LogP contribution in [-0.2, 0) is 4.79 Å². The number of hydrogen-bond donors (Lipinski definition) is 1. The van der Waals surface area contributed by atoms with Crippen LogP contribution in [0.25, 0.3) is 0 Å². The van der Waals surface area contributed by atoms with Gasteiger partial charge in [0, 0.05) is 38.7 Å². The van der Waals surface area contributed by atoms with E-state index in [2.05, 4.69) is 0 Å². The van der Waals surface area contributed by atoms with Gasteiger partial charge in [-0.1, -0.05) is 0 Å². The van der Waals surface area contributed by atoms with Gasteiger partial charge in [0.25, 0.3) is 5.91 Å². The average Bonchev–Trinajstić information content (AvgIpc) is 2.64. The minimum atomic E-state index is -0.552.